The van der Waals surface area contributed by atoms with Crippen molar-refractivity contribution in [2.75, 3.05) is 18.8 Å². The standard InChI is InChI=1S/C11H14N2O4S/c14-13(15)11-3-1-9(2-4-11)7-18(16,17)8-10-5-12-6-10/h1-4,10,12H,5-8H2. The van der Waals surface area contributed by atoms with E-state index in [1.807, 2.05) is 0 Å². The lowest BCUT2D eigenvalue weighted by molar-refractivity contribution is -0.384. The first-order valence-electron chi connectivity index (χ1n) is 5.61. The summed E-state index contributed by atoms with van der Waals surface area (Å²) in [5.41, 5.74) is 0.562. The van der Waals surface area contributed by atoms with Crippen molar-refractivity contribution in [3.63, 3.8) is 0 Å². The number of benzene rings is 1. The minimum Gasteiger partial charge on any atom is -0.316 e. The Labute approximate surface area is 105 Å². The predicted octanol–water partition coefficient (Wildman–Crippen LogP) is 0.729. The van der Waals surface area contributed by atoms with Crippen LogP contribution in [0.3, 0.4) is 0 Å². The summed E-state index contributed by atoms with van der Waals surface area (Å²) in [4.78, 5) is 9.97. The molecule has 18 heavy (non-hydrogen) atoms. The highest BCUT2D eigenvalue weighted by atomic mass is 32.2. The monoisotopic (exact) mass is 270 g/mol. The Balaban J connectivity index is 2.01. The Hall–Kier alpha value is -1.47. The van der Waals surface area contributed by atoms with E-state index in [9.17, 15) is 18.5 Å². The van der Waals surface area contributed by atoms with Crippen molar-refractivity contribution in [1.29, 1.82) is 0 Å². The predicted molar refractivity (Wildman–Crippen MR) is 66.9 cm³/mol. The molecule has 1 fully saturated rings. The van der Waals surface area contributed by atoms with E-state index in [0.29, 0.717) is 5.56 Å². The number of nitro groups is 1. The van der Waals surface area contributed by atoms with E-state index in [2.05, 4.69) is 5.32 Å². The number of non-ortho nitro benzene ring substituents is 1. The molecule has 98 valence electrons. The van der Waals surface area contributed by atoms with E-state index in [1.165, 1.54) is 24.3 Å². The molecule has 0 saturated carbocycles. The van der Waals surface area contributed by atoms with Gasteiger partial charge in [-0.15, -0.1) is 0 Å². The minimum absolute atomic E-state index is 0.0284. The first-order valence-corrected chi connectivity index (χ1v) is 7.43. The van der Waals surface area contributed by atoms with Crippen LogP contribution in [0.25, 0.3) is 0 Å². The number of nitrogens with zero attached hydrogens (tertiary/aromatic N) is 1. The van der Waals surface area contributed by atoms with Crippen LogP contribution in [0.4, 0.5) is 5.69 Å². The molecule has 7 heteroatoms. The Morgan fingerprint density at radius 2 is 1.89 bits per heavy atom. The molecule has 1 saturated heterocycles. The number of rotatable bonds is 5. The number of hydrogen-bond acceptors (Lipinski definition) is 5. The van der Waals surface area contributed by atoms with Crippen molar-refractivity contribution < 1.29 is 13.3 Å². The first kappa shape index (κ1) is 13.0. The normalized spacial score (nSPS) is 16.2. The maximum absolute atomic E-state index is 11.9. The first-order chi connectivity index (χ1) is 8.46. The van der Waals surface area contributed by atoms with Gasteiger partial charge in [0.25, 0.3) is 5.69 Å². The third-order valence-corrected chi connectivity index (χ3v) is 4.64. The van der Waals surface area contributed by atoms with Gasteiger partial charge >= 0.3 is 0 Å². The largest absolute Gasteiger partial charge is 0.316 e. The molecule has 0 aliphatic carbocycles. The van der Waals surface area contributed by atoms with Crippen LogP contribution in [-0.2, 0) is 15.6 Å². The van der Waals surface area contributed by atoms with Crippen LogP contribution in [0.1, 0.15) is 5.56 Å². The third kappa shape index (κ3) is 3.27. The Morgan fingerprint density at radius 3 is 2.33 bits per heavy atom. The van der Waals surface area contributed by atoms with Crippen LogP contribution in [-0.4, -0.2) is 32.2 Å². The second-order valence-corrected chi connectivity index (χ2v) is 6.61. The fraction of sp³-hybridized carbons (Fsp3) is 0.455. The molecule has 1 heterocycles. The van der Waals surface area contributed by atoms with Crippen molar-refractivity contribution in [2.24, 2.45) is 5.92 Å². The second-order valence-electron chi connectivity index (χ2n) is 4.50. The highest BCUT2D eigenvalue weighted by Crippen LogP contribution is 2.16. The van der Waals surface area contributed by atoms with E-state index >= 15 is 0 Å². The topological polar surface area (TPSA) is 89.3 Å². The molecule has 1 aliphatic heterocycles. The van der Waals surface area contributed by atoms with Gasteiger partial charge in [0.05, 0.1) is 16.4 Å². The number of hydrogen-bond donors (Lipinski definition) is 1. The summed E-state index contributed by atoms with van der Waals surface area (Å²) in [5.74, 6) is 0.325. The van der Waals surface area contributed by atoms with Gasteiger partial charge in [-0.05, 0) is 11.5 Å². The fourth-order valence-corrected chi connectivity index (χ4v) is 3.62. The van der Waals surface area contributed by atoms with Crippen LogP contribution in [0.2, 0.25) is 0 Å². The van der Waals surface area contributed by atoms with Crippen molar-refractivity contribution in [2.45, 2.75) is 5.75 Å². The van der Waals surface area contributed by atoms with Crippen molar-refractivity contribution in [1.82, 2.24) is 5.32 Å². The quantitative estimate of drug-likeness (QED) is 0.629. The molecule has 0 radical (unpaired) electrons. The molecule has 0 spiro atoms. The zero-order valence-corrected chi connectivity index (χ0v) is 10.5. The van der Waals surface area contributed by atoms with Crippen LogP contribution in [0, 0.1) is 16.0 Å². The molecule has 0 bridgehead atoms. The van der Waals surface area contributed by atoms with Crippen LogP contribution in [0.5, 0.6) is 0 Å². The van der Waals surface area contributed by atoms with Gasteiger partial charge in [0.1, 0.15) is 0 Å². The lowest BCUT2D eigenvalue weighted by Crippen LogP contribution is -2.45. The highest BCUT2D eigenvalue weighted by molar-refractivity contribution is 7.90. The summed E-state index contributed by atoms with van der Waals surface area (Å²) in [5, 5.41) is 13.5. The molecule has 1 aromatic carbocycles. The second kappa shape index (κ2) is 5.03. The zero-order valence-electron chi connectivity index (χ0n) is 9.70. The SMILES string of the molecule is O=[N+]([O-])c1ccc(CS(=O)(=O)CC2CNC2)cc1. The molecular weight excluding hydrogens is 256 g/mol. The van der Waals surface area contributed by atoms with Gasteiger partial charge in [-0.2, -0.15) is 0 Å². The summed E-state index contributed by atoms with van der Waals surface area (Å²) in [7, 11) is -3.14. The number of nitro benzene ring substituents is 1. The molecule has 1 aliphatic rings. The number of nitrogens with one attached hydrogen (secondary N) is 1. The summed E-state index contributed by atoms with van der Waals surface area (Å²) < 4.78 is 23.7. The average Bonchev–Trinajstić information content (AvgIpc) is 2.24. The maximum Gasteiger partial charge on any atom is 0.269 e. The lowest BCUT2D eigenvalue weighted by atomic mass is 10.1. The van der Waals surface area contributed by atoms with E-state index in [0.717, 1.165) is 13.1 Å². The van der Waals surface area contributed by atoms with E-state index in [4.69, 9.17) is 0 Å². The molecular formula is C11H14N2O4S. The molecule has 1 N–H and O–H groups in total. The molecule has 0 amide bonds. The van der Waals surface area contributed by atoms with Gasteiger partial charge in [-0.3, -0.25) is 10.1 Å². The number of sulfone groups is 1. The van der Waals surface area contributed by atoms with Crippen LogP contribution >= 0.6 is 0 Å². The Kier molecular flexibility index (Phi) is 3.63. The molecule has 0 unspecified atom stereocenters. The fourth-order valence-electron chi connectivity index (χ4n) is 1.85. The summed E-state index contributed by atoms with van der Waals surface area (Å²) in [6.45, 7) is 1.50. The van der Waals surface area contributed by atoms with Crippen molar-refractivity contribution >= 4 is 15.5 Å². The molecule has 1 aromatic rings. The average molecular weight is 270 g/mol. The van der Waals surface area contributed by atoms with Gasteiger partial charge in [0.2, 0.25) is 0 Å². The van der Waals surface area contributed by atoms with Crippen LogP contribution in [0.15, 0.2) is 24.3 Å². The summed E-state index contributed by atoms with van der Waals surface area (Å²) in [6.07, 6.45) is 0. The summed E-state index contributed by atoms with van der Waals surface area (Å²) >= 11 is 0. The molecule has 6 nitrogen and oxygen atoms in total. The summed E-state index contributed by atoms with van der Waals surface area (Å²) in [6, 6.07) is 5.65. The van der Waals surface area contributed by atoms with Crippen molar-refractivity contribution in [3.8, 4) is 0 Å². The van der Waals surface area contributed by atoms with Gasteiger partial charge < -0.3 is 5.32 Å². The van der Waals surface area contributed by atoms with Crippen molar-refractivity contribution in [3.05, 3.63) is 39.9 Å². The lowest BCUT2D eigenvalue weighted by Gasteiger charge is -2.26. The Morgan fingerprint density at radius 1 is 1.28 bits per heavy atom. The minimum atomic E-state index is -3.14. The molecule has 0 aromatic heterocycles. The van der Waals surface area contributed by atoms with E-state index in [-0.39, 0.29) is 23.1 Å². The molecule has 2 rings (SSSR count). The van der Waals surface area contributed by atoms with E-state index < -0.39 is 14.8 Å². The third-order valence-electron chi connectivity index (χ3n) is 2.89. The Bertz CT molecular complexity index is 535. The van der Waals surface area contributed by atoms with Crippen LogP contribution < -0.4 is 5.32 Å². The van der Waals surface area contributed by atoms with Gasteiger partial charge in [0, 0.05) is 25.2 Å². The zero-order chi connectivity index (χ0) is 13.2. The van der Waals surface area contributed by atoms with Gasteiger partial charge in [-0.25, -0.2) is 8.42 Å². The van der Waals surface area contributed by atoms with Gasteiger partial charge in [0.15, 0.2) is 9.84 Å². The smallest absolute Gasteiger partial charge is 0.269 e. The van der Waals surface area contributed by atoms with E-state index in [1.54, 1.807) is 0 Å². The highest BCUT2D eigenvalue weighted by Gasteiger charge is 2.24. The van der Waals surface area contributed by atoms with Gasteiger partial charge in [-0.1, -0.05) is 12.1 Å². The maximum atomic E-state index is 11.9. The molecule has 0 atom stereocenters.